The minimum absolute atomic E-state index is 0. The van der Waals surface area contributed by atoms with E-state index >= 15 is 0 Å². The molecule has 2 aromatic rings. The van der Waals surface area contributed by atoms with E-state index in [0.717, 1.165) is 49.2 Å². The molecule has 0 radical (unpaired) electrons. The predicted octanol–water partition coefficient (Wildman–Crippen LogP) is 1.71. The number of pyridine rings is 2. The van der Waals surface area contributed by atoms with Crippen molar-refractivity contribution in [3.8, 4) is 0 Å². The molecule has 1 saturated heterocycles. The molecule has 0 aromatic carbocycles. The van der Waals surface area contributed by atoms with Gasteiger partial charge < -0.3 is 20.4 Å². The highest BCUT2D eigenvalue weighted by atomic mass is 127. The molecular weight excluding hydrogens is 453 g/mol. The van der Waals surface area contributed by atoms with Crippen LogP contribution in [0.3, 0.4) is 0 Å². The van der Waals surface area contributed by atoms with Crippen molar-refractivity contribution in [3.05, 3.63) is 54.0 Å². The second kappa shape index (κ2) is 11.0. The first-order chi connectivity index (χ1) is 12.7. The molecule has 0 spiro atoms. The Bertz CT molecular complexity index is 698. The van der Waals surface area contributed by atoms with E-state index in [2.05, 4.69) is 54.6 Å². The Morgan fingerprint density at radius 1 is 1.04 bits per heavy atom. The Balaban J connectivity index is 0.00000261. The summed E-state index contributed by atoms with van der Waals surface area (Å²) in [7, 11) is 3.93. The summed E-state index contributed by atoms with van der Waals surface area (Å²) in [5.74, 6) is 1.80. The maximum absolute atomic E-state index is 4.62. The van der Waals surface area contributed by atoms with Gasteiger partial charge in [0, 0.05) is 52.2 Å². The average molecular weight is 481 g/mol. The van der Waals surface area contributed by atoms with Crippen molar-refractivity contribution in [1.29, 1.82) is 0 Å². The van der Waals surface area contributed by atoms with Crippen LogP contribution in [-0.4, -0.2) is 61.1 Å². The van der Waals surface area contributed by atoms with Crippen LogP contribution in [0, 0.1) is 0 Å². The quantitative estimate of drug-likeness (QED) is 0.385. The van der Waals surface area contributed by atoms with Crippen molar-refractivity contribution < 1.29 is 0 Å². The third kappa shape index (κ3) is 6.62. The lowest BCUT2D eigenvalue weighted by Gasteiger charge is -2.33. The fourth-order valence-corrected chi connectivity index (χ4v) is 2.83. The van der Waals surface area contributed by atoms with Crippen molar-refractivity contribution in [2.45, 2.75) is 13.1 Å². The van der Waals surface area contributed by atoms with E-state index in [0.29, 0.717) is 13.1 Å². The minimum atomic E-state index is 0. The molecule has 2 aromatic heterocycles. The zero-order chi connectivity index (χ0) is 18.2. The Labute approximate surface area is 178 Å². The Morgan fingerprint density at radius 2 is 1.81 bits per heavy atom. The summed E-state index contributed by atoms with van der Waals surface area (Å²) in [6, 6.07) is 10.1. The van der Waals surface area contributed by atoms with Gasteiger partial charge in [0.2, 0.25) is 0 Å². The van der Waals surface area contributed by atoms with Gasteiger partial charge in [-0.05, 0) is 30.8 Å². The smallest absolute Gasteiger partial charge is 0.191 e. The largest absolute Gasteiger partial charge is 0.354 e. The molecule has 0 saturated carbocycles. The van der Waals surface area contributed by atoms with Crippen molar-refractivity contribution >= 4 is 35.8 Å². The summed E-state index contributed by atoms with van der Waals surface area (Å²) in [5.41, 5.74) is 2.11. The number of anilines is 1. The van der Waals surface area contributed by atoms with Crippen LogP contribution >= 0.6 is 24.0 Å². The van der Waals surface area contributed by atoms with E-state index in [-0.39, 0.29) is 24.0 Å². The first kappa shape index (κ1) is 21.4. The highest BCUT2D eigenvalue weighted by Crippen LogP contribution is 2.13. The monoisotopic (exact) mass is 481 g/mol. The number of hydrogen-bond donors (Lipinski definition) is 2. The summed E-state index contributed by atoms with van der Waals surface area (Å²) in [6.45, 7) is 5.56. The number of piperazine rings is 1. The van der Waals surface area contributed by atoms with E-state index in [1.54, 1.807) is 13.2 Å². The van der Waals surface area contributed by atoms with Crippen LogP contribution in [0.15, 0.2) is 47.7 Å². The molecule has 0 aliphatic carbocycles. The van der Waals surface area contributed by atoms with Crippen LogP contribution in [0.2, 0.25) is 0 Å². The van der Waals surface area contributed by atoms with Crippen molar-refractivity contribution in [2.24, 2.45) is 4.99 Å². The van der Waals surface area contributed by atoms with Gasteiger partial charge in [0.25, 0.3) is 0 Å². The topological polar surface area (TPSA) is 68.7 Å². The second-order valence-corrected chi connectivity index (χ2v) is 6.42. The first-order valence-corrected chi connectivity index (χ1v) is 8.97. The highest BCUT2D eigenvalue weighted by Gasteiger charge is 2.14. The Hall–Kier alpha value is -1.94. The lowest BCUT2D eigenvalue weighted by molar-refractivity contribution is 0.312. The SMILES string of the molecule is CN=C(NCc1ccc(N2CCN(C)CC2)nc1)NCc1ccccn1.I. The molecular formula is C19H28IN7. The van der Waals surface area contributed by atoms with E-state index in [4.69, 9.17) is 0 Å². The molecule has 0 amide bonds. The predicted molar refractivity (Wildman–Crippen MR) is 121 cm³/mol. The second-order valence-electron chi connectivity index (χ2n) is 6.42. The van der Waals surface area contributed by atoms with Gasteiger partial charge in [0.15, 0.2) is 5.96 Å². The highest BCUT2D eigenvalue weighted by molar-refractivity contribution is 14.0. The molecule has 146 valence electrons. The van der Waals surface area contributed by atoms with E-state index in [1.807, 2.05) is 24.4 Å². The third-order valence-electron chi connectivity index (χ3n) is 4.48. The Kier molecular flexibility index (Phi) is 8.73. The van der Waals surface area contributed by atoms with Gasteiger partial charge in [-0.3, -0.25) is 9.98 Å². The molecule has 1 aliphatic heterocycles. The molecule has 1 aliphatic rings. The third-order valence-corrected chi connectivity index (χ3v) is 4.48. The lowest BCUT2D eigenvalue weighted by atomic mass is 10.2. The van der Waals surface area contributed by atoms with Gasteiger partial charge in [-0.1, -0.05) is 12.1 Å². The van der Waals surface area contributed by atoms with Gasteiger partial charge >= 0.3 is 0 Å². The normalized spacial score (nSPS) is 15.2. The summed E-state index contributed by atoms with van der Waals surface area (Å²) in [4.78, 5) is 17.9. The van der Waals surface area contributed by atoms with Crippen LogP contribution in [0.25, 0.3) is 0 Å². The van der Waals surface area contributed by atoms with Crippen LogP contribution in [0.1, 0.15) is 11.3 Å². The molecule has 3 rings (SSSR count). The fraction of sp³-hybridized carbons (Fsp3) is 0.421. The number of nitrogens with zero attached hydrogens (tertiary/aromatic N) is 5. The van der Waals surface area contributed by atoms with Crippen LogP contribution < -0.4 is 15.5 Å². The zero-order valence-corrected chi connectivity index (χ0v) is 18.3. The van der Waals surface area contributed by atoms with E-state index in [9.17, 15) is 0 Å². The molecule has 27 heavy (non-hydrogen) atoms. The number of hydrogen-bond acceptors (Lipinski definition) is 5. The molecule has 3 heterocycles. The molecule has 7 nitrogen and oxygen atoms in total. The molecule has 1 fully saturated rings. The van der Waals surface area contributed by atoms with Crippen molar-refractivity contribution in [3.63, 3.8) is 0 Å². The number of nitrogens with one attached hydrogen (secondary N) is 2. The van der Waals surface area contributed by atoms with Crippen LogP contribution in [0.4, 0.5) is 5.82 Å². The Morgan fingerprint density at radius 3 is 2.44 bits per heavy atom. The van der Waals surface area contributed by atoms with Gasteiger partial charge in [-0.15, -0.1) is 24.0 Å². The van der Waals surface area contributed by atoms with E-state index < -0.39 is 0 Å². The summed E-state index contributed by atoms with van der Waals surface area (Å²) in [5, 5.41) is 6.58. The van der Waals surface area contributed by atoms with Crippen molar-refractivity contribution in [1.82, 2.24) is 25.5 Å². The maximum atomic E-state index is 4.62. The standard InChI is InChI=1S/C19H27N7.HI/c1-20-19(24-15-17-5-3-4-8-21-17)23-14-16-6-7-18(22-13-16)26-11-9-25(2)10-12-26;/h3-8,13H,9-12,14-15H2,1-2H3,(H2,20,23,24);1H. The van der Waals surface area contributed by atoms with Crippen LogP contribution in [-0.2, 0) is 13.1 Å². The van der Waals surface area contributed by atoms with Gasteiger partial charge in [-0.25, -0.2) is 4.98 Å². The first-order valence-electron chi connectivity index (χ1n) is 8.97. The van der Waals surface area contributed by atoms with Crippen LogP contribution in [0.5, 0.6) is 0 Å². The lowest BCUT2D eigenvalue weighted by Crippen LogP contribution is -2.44. The molecule has 0 bridgehead atoms. The van der Waals surface area contributed by atoms with Gasteiger partial charge in [0.1, 0.15) is 5.82 Å². The number of rotatable bonds is 5. The maximum Gasteiger partial charge on any atom is 0.191 e. The van der Waals surface area contributed by atoms with Gasteiger partial charge in [0.05, 0.1) is 12.2 Å². The number of aliphatic imine (C=N–C) groups is 1. The summed E-state index contributed by atoms with van der Waals surface area (Å²) >= 11 is 0. The molecule has 8 heteroatoms. The molecule has 0 unspecified atom stereocenters. The summed E-state index contributed by atoms with van der Waals surface area (Å²) < 4.78 is 0. The zero-order valence-electron chi connectivity index (χ0n) is 15.9. The summed E-state index contributed by atoms with van der Waals surface area (Å²) in [6.07, 6.45) is 3.73. The number of aromatic nitrogens is 2. The fourth-order valence-electron chi connectivity index (χ4n) is 2.83. The van der Waals surface area contributed by atoms with Crippen molar-refractivity contribution in [2.75, 3.05) is 45.2 Å². The van der Waals surface area contributed by atoms with E-state index in [1.165, 1.54) is 0 Å². The number of halogens is 1. The molecule has 2 N–H and O–H groups in total. The number of likely N-dealkylation sites (N-methyl/N-ethyl adjacent to an activating group) is 1. The average Bonchev–Trinajstić information content (AvgIpc) is 2.70. The van der Waals surface area contributed by atoms with Gasteiger partial charge in [-0.2, -0.15) is 0 Å². The molecule has 0 atom stereocenters. The number of guanidine groups is 1. The minimum Gasteiger partial charge on any atom is -0.354 e.